The van der Waals surface area contributed by atoms with Crippen molar-refractivity contribution in [3.05, 3.63) is 35.9 Å². The van der Waals surface area contributed by atoms with E-state index in [0.29, 0.717) is 5.92 Å². The lowest BCUT2D eigenvalue weighted by atomic mass is 9.98. The molecule has 0 aliphatic rings. The van der Waals surface area contributed by atoms with Gasteiger partial charge in [0.2, 0.25) is 0 Å². The van der Waals surface area contributed by atoms with Crippen molar-refractivity contribution in [2.45, 2.75) is 26.3 Å². The third-order valence-corrected chi connectivity index (χ3v) is 1.95. The minimum atomic E-state index is 0.200. The highest BCUT2D eigenvalue weighted by atomic mass is 14.6. The van der Waals surface area contributed by atoms with Crippen molar-refractivity contribution in [1.82, 2.24) is 0 Å². The molecule has 0 aliphatic carbocycles. The molecule has 0 amide bonds. The predicted octanol–water partition coefficient (Wildman–Crippen LogP) is 2.73. The van der Waals surface area contributed by atoms with E-state index < -0.39 is 0 Å². The van der Waals surface area contributed by atoms with E-state index in [4.69, 9.17) is 5.73 Å². The second-order valence-electron chi connectivity index (χ2n) is 3.65. The van der Waals surface area contributed by atoms with Crippen molar-refractivity contribution in [3.8, 4) is 0 Å². The molecular weight excluding hydrogens is 146 g/mol. The molecule has 1 atom stereocenters. The van der Waals surface area contributed by atoms with Gasteiger partial charge in [-0.1, -0.05) is 44.2 Å². The van der Waals surface area contributed by atoms with Crippen LogP contribution < -0.4 is 5.73 Å². The summed E-state index contributed by atoms with van der Waals surface area (Å²) in [6.45, 7) is 4.39. The van der Waals surface area contributed by atoms with Gasteiger partial charge in [0.25, 0.3) is 0 Å². The summed E-state index contributed by atoms with van der Waals surface area (Å²) in [5.74, 6) is 0.667. The lowest BCUT2D eigenvalue weighted by molar-refractivity contribution is 0.510. The number of nitrogens with two attached hydrogens (primary N) is 1. The van der Waals surface area contributed by atoms with Crippen molar-refractivity contribution in [2.24, 2.45) is 11.7 Å². The van der Waals surface area contributed by atoms with Gasteiger partial charge in [0, 0.05) is 6.04 Å². The molecule has 0 fully saturated rings. The van der Waals surface area contributed by atoms with Crippen LogP contribution in [0.4, 0.5) is 0 Å². The first-order valence-corrected chi connectivity index (χ1v) is 4.50. The predicted molar refractivity (Wildman–Crippen MR) is 52.8 cm³/mol. The fraction of sp³-hybridized carbons (Fsp3) is 0.455. The van der Waals surface area contributed by atoms with Gasteiger partial charge in [0.15, 0.2) is 0 Å². The van der Waals surface area contributed by atoms with E-state index in [1.807, 2.05) is 18.2 Å². The highest BCUT2D eigenvalue weighted by Crippen LogP contribution is 2.17. The van der Waals surface area contributed by atoms with E-state index in [0.717, 1.165) is 6.42 Å². The SMILES string of the molecule is CC(C)C[C@@H](N)c1ccccc1. The molecule has 0 aliphatic heterocycles. The molecule has 1 nitrogen and oxygen atoms in total. The van der Waals surface area contributed by atoms with Crippen LogP contribution in [-0.2, 0) is 0 Å². The summed E-state index contributed by atoms with van der Waals surface area (Å²) in [6.07, 6.45) is 1.06. The maximum atomic E-state index is 6.00. The summed E-state index contributed by atoms with van der Waals surface area (Å²) in [4.78, 5) is 0. The molecule has 0 heterocycles. The Morgan fingerprint density at radius 3 is 2.25 bits per heavy atom. The smallest absolute Gasteiger partial charge is 0.0297 e. The average molecular weight is 163 g/mol. The standard InChI is InChI=1S/C11H17N/c1-9(2)8-11(12)10-6-4-3-5-7-10/h3-7,9,11H,8,12H2,1-2H3/t11-/m1/s1. The molecule has 2 N–H and O–H groups in total. The van der Waals surface area contributed by atoms with E-state index in [2.05, 4.69) is 26.0 Å². The Hall–Kier alpha value is -0.820. The zero-order chi connectivity index (χ0) is 8.97. The van der Waals surface area contributed by atoms with E-state index in [-0.39, 0.29) is 6.04 Å². The summed E-state index contributed by atoms with van der Waals surface area (Å²) in [5, 5.41) is 0. The van der Waals surface area contributed by atoms with E-state index in [1.165, 1.54) is 5.56 Å². The van der Waals surface area contributed by atoms with Crippen LogP contribution in [0.2, 0.25) is 0 Å². The maximum absolute atomic E-state index is 6.00. The summed E-state index contributed by atoms with van der Waals surface area (Å²) < 4.78 is 0. The first-order valence-electron chi connectivity index (χ1n) is 4.50. The second-order valence-corrected chi connectivity index (χ2v) is 3.65. The van der Waals surface area contributed by atoms with Crippen molar-refractivity contribution in [3.63, 3.8) is 0 Å². The normalized spacial score (nSPS) is 13.3. The van der Waals surface area contributed by atoms with Crippen LogP contribution in [0.15, 0.2) is 30.3 Å². The van der Waals surface area contributed by atoms with E-state index >= 15 is 0 Å². The molecule has 1 rings (SSSR count). The van der Waals surface area contributed by atoms with Crippen molar-refractivity contribution >= 4 is 0 Å². The van der Waals surface area contributed by atoms with E-state index in [1.54, 1.807) is 0 Å². The Balaban J connectivity index is 2.59. The molecule has 0 saturated carbocycles. The highest BCUT2D eigenvalue weighted by molar-refractivity contribution is 5.18. The Morgan fingerprint density at radius 2 is 1.75 bits per heavy atom. The molecule has 0 bridgehead atoms. The molecule has 0 spiro atoms. The van der Waals surface area contributed by atoms with Crippen LogP contribution in [0.3, 0.4) is 0 Å². The number of hydrogen-bond acceptors (Lipinski definition) is 1. The van der Waals surface area contributed by atoms with Gasteiger partial charge in [-0.15, -0.1) is 0 Å². The van der Waals surface area contributed by atoms with Gasteiger partial charge >= 0.3 is 0 Å². The first kappa shape index (κ1) is 9.27. The molecule has 0 aromatic heterocycles. The zero-order valence-corrected chi connectivity index (χ0v) is 7.83. The lowest BCUT2D eigenvalue weighted by Gasteiger charge is -2.13. The molecule has 66 valence electrons. The number of hydrogen-bond donors (Lipinski definition) is 1. The van der Waals surface area contributed by atoms with Crippen molar-refractivity contribution < 1.29 is 0 Å². The quantitative estimate of drug-likeness (QED) is 0.728. The van der Waals surface area contributed by atoms with Gasteiger partial charge in [-0.25, -0.2) is 0 Å². The number of benzene rings is 1. The topological polar surface area (TPSA) is 26.0 Å². The van der Waals surface area contributed by atoms with Gasteiger partial charge in [0.05, 0.1) is 0 Å². The largest absolute Gasteiger partial charge is 0.324 e. The lowest BCUT2D eigenvalue weighted by Crippen LogP contribution is -2.12. The van der Waals surface area contributed by atoms with Crippen LogP contribution in [-0.4, -0.2) is 0 Å². The minimum absolute atomic E-state index is 0.200. The number of rotatable bonds is 3. The Labute approximate surface area is 74.6 Å². The van der Waals surface area contributed by atoms with Crippen LogP contribution in [0, 0.1) is 5.92 Å². The fourth-order valence-electron chi connectivity index (χ4n) is 1.34. The Kier molecular flexibility index (Phi) is 3.30. The molecular formula is C11H17N. The zero-order valence-electron chi connectivity index (χ0n) is 7.83. The van der Waals surface area contributed by atoms with Gasteiger partial charge in [-0.2, -0.15) is 0 Å². The van der Waals surface area contributed by atoms with E-state index in [9.17, 15) is 0 Å². The fourth-order valence-corrected chi connectivity index (χ4v) is 1.34. The molecule has 1 aromatic rings. The molecule has 0 unspecified atom stereocenters. The average Bonchev–Trinajstić information content (AvgIpc) is 2.05. The van der Waals surface area contributed by atoms with Gasteiger partial charge < -0.3 is 5.73 Å². The molecule has 12 heavy (non-hydrogen) atoms. The van der Waals surface area contributed by atoms with Crippen molar-refractivity contribution in [1.29, 1.82) is 0 Å². The molecule has 1 aromatic carbocycles. The second kappa shape index (κ2) is 4.27. The van der Waals surface area contributed by atoms with Crippen LogP contribution in [0.25, 0.3) is 0 Å². The van der Waals surface area contributed by atoms with Crippen LogP contribution in [0.1, 0.15) is 31.9 Å². The Morgan fingerprint density at radius 1 is 1.17 bits per heavy atom. The Bertz CT molecular complexity index is 216. The minimum Gasteiger partial charge on any atom is -0.324 e. The molecule has 1 heteroatoms. The summed E-state index contributed by atoms with van der Waals surface area (Å²) in [6, 6.07) is 10.5. The van der Waals surface area contributed by atoms with Gasteiger partial charge in [0.1, 0.15) is 0 Å². The summed E-state index contributed by atoms with van der Waals surface area (Å²) in [7, 11) is 0. The van der Waals surface area contributed by atoms with Crippen LogP contribution >= 0.6 is 0 Å². The van der Waals surface area contributed by atoms with Crippen LogP contribution in [0.5, 0.6) is 0 Å². The molecule has 0 radical (unpaired) electrons. The van der Waals surface area contributed by atoms with Gasteiger partial charge in [-0.3, -0.25) is 0 Å². The first-order chi connectivity index (χ1) is 5.70. The summed E-state index contributed by atoms with van der Waals surface area (Å²) in [5.41, 5.74) is 7.24. The molecule has 0 saturated heterocycles. The van der Waals surface area contributed by atoms with Gasteiger partial charge in [-0.05, 0) is 17.9 Å². The third-order valence-electron chi connectivity index (χ3n) is 1.95. The summed E-state index contributed by atoms with van der Waals surface area (Å²) >= 11 is 0. The maximum Gasteiger partial charge on any atom is 0.0297 e. The third kappa shape index (κ3) is 2.67. The van der Waals surface area contributed by atoms with Crippen molar-refractivity contribution in [2.75, 3.05) is 0 Å². The monoisotopic (exact) mass is 163 g/mol. The highest BCUT2D eigenvalue weighted by Gasteiger charge is 2.06.